The number of esters is 1. The summed E-state index contributed by atoms with van der Waals surface area (Å²) in [6.45, 7) is 1.45. The zero-order valence-electron chi connectivity index (χ0n) is 10.8. The van der Waals surface area contributed by atoms with E-state index in [4.69, 9.17) is 10.5 Å². The van der Waals surface area contributed by atoms with E-state index in [2.05, 4.69) is 0 Å². The van der Waals surface area contributed by atoms with Crippen LogP contribution in [0.25, 0.3) is 0 Å². The minimum Gasteiger partial charge on any atom is -0.457 e. The second-order valence-electron chi connectivity index (χ2n) is 4.42. The molecule has 0 radical (unpaired) electrons. The van der Waals surface area contributed by atoms with E-state index in [0.717, 1.165) is 11.6 Å². The van der Waals surface area contributed by atoms with E-state index in [9.17, 15) is 13.6 Å². The van der Waals surface area contributed by atoms with E-state index in [1.54, 1.807) is 19.1 Å². The first-order chi connectivity index (χ1) is 9.47. The first-order valence-electron chi connectivity index (χ1n) is 5.94. The van der Waals surface area contributed by atoms with Crippen LogP contribution in [0.4, 0.5) is 14.5 Å². The highest BCUT2D eigenvalue weighted by Gasteiger charge is 2.12. The average Bonchev–Trinajstić information content (AvgIpc) is 2.39. The van der Waals surface area contributed by atoms with Gasteiger partial charge in [-0.1, -0.05) is 12.1 Å². The van der Waals surface area contributed by atoms with Crippen molar-refractivity contribution in [2.45, 2.75) is 13.5 Å². The number of benzene rings is 2. The van der Waals surface area contributed by atoms with Crippen molar-refractivity contribution in [2.24, 2.45) is 0 Å². The lowest BCUT2D eigenvalue weighted by Crippen LogP contribution is -2.07. The standard InChI is InChI=1S/C15H13F2NO2/c1-9-5-11(7-12(18)6-9)15(19)20-8-10-3-2-4-13(16)14(10)17/h2-7H,8,18H2,1H3. The van der Waals surface area contributed by atoms with Crippen LogP contribution in [0.3, 0.4) is 0 Å². The highest BCUT2D eigenvalue weighted by Crippen LogP contribution is 2.15. The Morgan fingerprint density at radius 1 is 1.25 bits per heavy atom. The zero-order valence-corrected chi connectivity index (χ0v) is 10.8. The average molecular weight is 277 g/mol. The number of rotatable bonds is 3. The monoisotopic (exact) mass is 277 g/mol. The molecule has 0 saturated carbocycles. The van der Waals surface area contributed by atoms with Crippen molar-refractivity contribution in [1.82, 2.24) is 0 Å². The van der Waals surface area contributed by atoms with Crippen molar-refractivity contribution >= 4 is 11.7 Å². The van der Waals surface area contributed by atoms with Gasteiger partial charge >= 0.3 is 5.97 Å². The molecule has 0 heterocycles. The molecule has 0 spiro atoms. The molecule has 3 nitrogen and oxygen atoms in total. The normalized spacial score (nSPS) is 10.3. The van der Waals surface area contributed by atoms with Crippen LogP contribution in [0.1, 0.15) is 21.5 Å². The van der Waals surface area contributed by atoms with E-state index in [-0.39, 0.29) is 17.7 Å². The molecule has 0 fully saturated rings. The van der Waals surface area contributed by atoms with Crippen molar-refractivity contribution in [3.05, 3.63) is 64.7 Å². The van der Waals surface area contributed by atoms with Crippen LogP contribution >= 0.6 is 0 Å². The van der Waals surface area contributed by atoms with Gasteiger partial charge in [0.2, 0.25) is 0 Å². The second kappa shape index (κ2) is 5.69. The van der Waals surface area contributed by atoms with Crippen LogP contribution in [0.2, 0.25) is 0 Å². The van der Waals surface area contributed by atoms with Crippen molar-refractivity contribution in [1.29, 1.82) is 0 Å². The van der Waals surface area contributed by atoms with Gasteiger partial charge in [0.05, 0.1) is 5.56 Å². The minimum absolute atomic E-state index is 0.0148. The Balaban J connectivity index is 2.10. The van der Waals surface area contributed by atoms with Gasteiger partial charge in [0.15, 0.2) is 11.6 Å². The summed E-state index contributed by atoms with van der Waals surface area (Å²) in [6, 6.07) is 8.51. The van der Waals surface area contributed by atoms with Crippen LogP contribution in [-0.2, 0) is 11.3 Å². The molecule has 2 N–H and O–H groups in total. The number of carbonyl (C=O) groups excluding carboxylic acids is 1. The molecule has 104 valence electrons. The summed E-state index contributed by atoms with van der Waals surface area (Å²) in [5, 5.41) is 0. The first kappa shape index (κ1) is 14.0. The SMILES string of the molecule is Cc1cc(N)cc(C(=O)OCc2cccc(F)c2F)c1. The number of aryl methyl sites for hydroxylation is 1. The highest BCUT2D eigenvalue weighted by atomic mass is 19.2. The fourth-order valence-corrected chi connectivity index (χ4v) is 1.82. The van der Waals surface area contributed by atoms with E-state index in [0.29, 0.717) is 5.69 Å². The maximum absolute atomic E-state index is 13.4. The number of carbonyl (C=O) groups is 1. The highest BCUT2D eigenvalue weighted by molar-refractivity contribution is 5.90. The van der Waals surface area contributed by atoms with Crippen molar-refractivity contribution < 1.29 is 18.3 Å². The molecular weight excluding hydrogens is 264 g/mol. The van der Waals surface area contributed by atoms with Crippen LogP contribution in [-0.4, -0.2) is 5.97 Å². The summed E-state index contributed by atoms with van der Waals surface area (Å²) in [5.74, 6) is -2.62. The third-order valence-electron chi connectivity index (χ3n) is 2.73. The van der Waals surface area contributed by atoms with Crippen LogP contribution in [0.5, 0.6) is 0 Å². The molecule has 0 saturated heterocycles. The molecule has 20 heavy (non-hydrogen) atoms. The van der Waals surface area contributed by atoms with Gasteiger partial charge in [0.25, 0.3) is 0 Å². The molecule has 0 aliphatic carbocycles. The Labute approximate surface area is 115 Å². The number of nitrogen functional groups attached to an aromatic ring is 1. The summed E-state index contributed by atoms with van der Waals surface area (Å²) in [5.41, 5.74) is 7.15. The van der Waals surface area contributed by atoms with E-state index in [1.165, 1.54) is 18.2 Å². The predicted molar refractivity (Wildman–Crippen MR) is 71.1 cm³/mol. The first-order valence-corrected chi connectivity index (χ1v) is 5.94. The van der Waals surface area contributed by atoms with Crippen molar-refractivity contribution in [3.8, 4) is 0 Å². The van der Waals surface area contributed by atoms with Crippen LogP contribution in [0, 0.1) is 18.6 Å². The fourth-order valence-electron chi connectivity index (χ4n) is 1.82. The summed E-state index contributed by atoms with van der Waals surface area (Å²) in [4.78, 5) is 11.8. The van der Waals surface area contributed by atoms with E-state index >= 15 is 0 Å². The van der Waals surface area contributed by atoms with E-state index in [1.807, 2.05) is 0 Å². The lowest BCUT2D eigenvalue weighted by molar-refractivity contribution is 0.0468. The molecular formula is C15H13F2NO2. The number of hydrogen-bond donors (Lipinski definition) is 1. The molecule has 0 aliphatic heterocycles. The summed E-state index contributed by atoms with van der Waals surface area (Å²) in [7, 11) is 0. The molecule has 0 unspecified atom stereocenters. The van der Waals surface area contributed by atoms with Gasteiger partial charge in [0, 0.05) is 11.3 Å². The van der Waals surface area contributed by atoms with Gasteiger partial charge < -0.3 is 10.5 Å². The summed E-state index contributed by atoms with van der Waals surface area (Å²) < 4.78 is 31.4. The number of nitrogens with two attached hydrogens (primary N) is 1. The second-order valence-corrected chi connectivity index (χ2v) is 4.42. The molecule has 0 atom stereocenters. The minimum atomic E-state index is -1.01. The quantitative estimate of drug-likeness (QED) is 0.692. The Hall–Kier alpha value is -2.43. The zero-order chi connectivity index (χ0) is 14.7. The molecule has 0 bridgehead atoms. The van der Waals surface area contributed by atoms with Gasteiger partial charge in [-0.25, -0.2) is 13.6 Å². The number of halogens is 2. The summed E-state index contributed by atoms with van der Waals surface area (Å²) in [6.07, 6.45) is 0. The lowest BCUT2D eigenvalue weighted by Gasteiger charge is -2.07. The third-order valence-corrected chi connectivity index (χ3v) is 2.73. The van der Waals surface area contributed by atoms with Gasteiger partial charge in [-0.3, -0.25) is 0 Å². The Morgan fingerprint density at radius 2 is 2.00 bits per heavy atom. The molecule has 0 aromatic heterocycles. The molecule has 0 amide bonds. The smallest absolute Gasteiger partial charge is 0.338 e. The van der Waals surface area contributed by atoms with Crippen LogP contribution in [0.15, 0.2) is 36.4 Å². The number of hydrogen-bond acceptors (Lipinski definition) is 3. The van der Waals surface area contributed by atoms with Gasteiger partial charge in [-0.15, -0.1) is 0 Å². The predicted octanol–water partition coefficient (Wildman–Crippen LogP) is 3.21. The van der Waals surface area contributed by atoms with Gasteiger partial charge in [-0.05, 0) is 36.8 Å². The maximum atomic E-state index is 13.4. The molecule has 0 aliphatic rings. The lowest BCUT2D eigenvalue weighted by atomic mass is 10.1. The van der Waals surface area contributed by atoms with Crippen LogP contribution < -0.4 is 5.73 Å². The molecule has 2 aromatic rings. The van der Waals surface area contributed by atoms with Crippen molar-refractivity contribution in [3.63, 3.8) is 0 Å². The fraction of sp³-hybridized carbons (Fsp3) is 0.133. The summed E-state index contributed by atoms with van der Waals surface area (Å²) >= 11 is 0. The van der Waals surface area contributed by atoms with Gasteiger partial charge in [0.1, 0.15) is 6.61 Å². The molecule has 5 heteroatoms. The molecule has 2 rings (SSSR count). The Morgan fingerprint density at radius 3 is 2.70 bits per heavy atom. The third kappa shape index (κ3) is 3.12. The van der Waals surface area contributed by atoms with Crippen molar-refractivity contribution in [2.75, 3.05) is 5.73 Å². The topological polar surface area (TPSA) is 52.3 Å². The Kier molecular flexibility index (Phi) is 3.98. The number of anilines is 1. The van der Waals surface area contributed by atoms with Gasteiger partial charge in [-0.2, -0.15) is 0 Å². The largest absolute Gasteiger partial charge is 0.457 e. The number of ether oxygens (including phenoxy) is 1. The Bertz CT molecular complexity index is 636. The molecule has 2 aromatic carbocycles. The maximum Gasteiger partial charge on any atom is 0.338 e. The van der Waals surface area contributed by atoms with E-state index < -0.39 is 17.6 Å².